The van der Waals surface area contributed by atoms with Gasteiger partial charge in [-0.05, 0) is 50.4 Å². The van der Waals surface area contributed by atoms with Crippen molar-refractivity contribution >= 4 is 12.0 Å². The van der Waals surface area contributed by atoms with Crippen LogP contribution in [0.1, 0.15) is 25.3 Å². The predicted octanol–water partition coefficient (Wildman–Crippen LogP) is 2.55. The Balaban J connectivity index is 1.89. The second kappa shape index (κ2) is 7.85. The summed E-state index contributed by atoms with van der Waals surface area (Å²) in [7, 11) is 0. The number of nitrogens with one attached hydrogen (secondary N) is 1. The maximum Gasteiger partial charge on any atom is 0.246 e. The minimum Gasteiger partial charge on any atom is -0.339 e. The van der Waals surface area contributed by atoms with Crippen molar-refractivity contribution in [2.75, 3.05) is 26.2 Å². The molecule has 1 heterocycles. The molecule has 1 aromatic carbocycles. The van der Waals surface area contributed by atoms with Gasteiger partial charge in [-0.3, -0.25) is 4.79 Å². The summed E-state index contributed by atoms with van der Waals surface area (Å²) in [5, 5.41) is 3.36. The van der Waals surface area contributed by atoms with Gasteiger partial charge in [-0.15, -0.1) is 0 Å². The first-order valence-corrected chi connectivity index (χ1v) is 7.52. The first-order valence-electron chi connectivity index (χ1n) is 7.52. The lowest BCUT2D eigenvalue weighted by molar-refractivity contribution is -0.126. The number of piperidine rings is 1. The molecule has 0 saturated carbocycles. The quantitative estimate of drug-likeness (QED) is 0.836. The van der Waals surface area contributed by atoms with Crippen LogP contribution in [0.3, 0.4) is 0 Å². The van der Waals surface area contributed by atoms with E-state index in [1.54, 1.807) is 6.08 Å². The van der Waals surface area contributed by atoms with Crippen molar-refractivity contribution in [1.29, 1.82) is 0 Å². The van der Waals surface area contributed by atoms with Gasteiger partial charge in [0.05, 0.1) is 0 Å². The molecule has 0 aromatic heterocycles. The topological polar surface area (TPSA) is 32.3 Å². The lowest BCUT2D eigenvalue weighted by Gasteiger charge is -2.28. The van der Waals surface area contributed by atoms with Crippen LogP contribution in [0.5, 0.6) is 0 Å². The summed E-state index contributed by atoms with van der Waals surface area (Å²) in [5.74, 6) is 0.764. The van der Waals surface area contributed by atoms with Crippen LogP contribution >= 0.6 is 0 Å². The smallest absolute Gasteiger partial charge is 0.246 e. The van der Waals surface area contributed by atoms with Crippen molar-refractivity contribution in [2.45, 2.75) is 19.8 Å². The molecule has 1 aliphatic heterocycles. The summed E-state index contributed by atoms with van der Waals surface area (Å²) in [4.78, 5) is 14.2. The number of amides is 1. The third kappa shape index (κ3) is 4.49. The standard InChI is InChI=1S/C17H24N2O/c1-2-19(14-16-10-12-18-13-11-16)17(20)9-8-15-6-4-3-5-7-15/h3-9,16,18H,2,10-14H2,1H3. The largest absolute Gasteiger partial charge is 0.339 e. The average molecular weight is 272 g/mol. The summed E-state index contributed by atoms with van der Waals surface area (Å²) in [6, 6.07) is 9.96. The minimum absolute atomic E-state index is 0.120. The number of rotatable bonds is 5. The van der Waals surface area contributed by atoms with Crippen molar-refractivity contribution in [3.05, 3.63) is 42.0 Å². The molecule has 20 heavy (non-hydrogen) atoms. The van der Waals surface area contributed by atoms with Crippen LogP contribution in [0.4, 0.5) is 0 Å². The van der Waals surface area contributed by atoms with Gasteiger partial charge in [0.25, 0.3) is 0 Å². The summed E-state index contributed by atoms with van der Waals surface area (Å²) in [6.07, 6.45) is 5.94. The van der Waals surface area contributed by atoms with Crippen LogP contribution in [-0.4, -0.2) is 37.0 Å². The van der Waals surface area contributed by atoms with E-state index in [0.717, 1.165) is 31.7 Å². The monoisotopic (exact) mass is 272 g/mol. The Labute approximate surface area is 121 Å². The van der Waals surface area contributed by atoms with E-state index in [-0.39, 0.29) is 5.91 Å². The highest BCUT2D eigenvalue weighted by atomic mass is 16.2. The molecule has 1 saturated heterocycles. The van der Waals surface area contributed by atoms with E-state index >= 15 is 0 Å². The van der Waals surface area contributed by atoms with Crippen LogP contribution in [0.25, 0.3) is 6.08 Å². The molecule has 0 spiro atoms. The number of benzene rings is 1. The van der Waals surface area contributed by atoms with Crippen LogP contribution < -0.4 is 5.32 Å². The molecule has 0 aliphatic carbocycles. The number of likely N-dealkylation sites (N-methyl/N-ethyl adjacent to an activating group) is 1. The van der Waals surface area contributed by atoms with E-state index in [2.05, 4.69) is 12.2 Å². The van der Waals surface area contributed by atoms with Crippen LogP contribution in [0.15, 0.2) is 36.4 Å². The molecule has 0 radical (unpaired) electrons. The predicted molar refractivity (Wildman–Crippen MR) is 83.3 cm³/mol. The van der Waals surface area contributed by atoms with Gasteiger partial charge in [-0.1, -0.05) is 30.3 Å². The zero-order valence-corrected chi connectivity index (χ0v) is 12.2. The lowest BCUT2D eigenvalue weighted by Crippen LogP contribution is -2.38. The highest BCUT2D eigenvalue weighted by Gasteiger charge is 2.18. The molecule has 1 fully saturated rings. The van der Waals surface area contributed by atoms with Crippen molar-refractivity contribution in [1.82, 2.24) is 10.2 Å². The van der Waals surface area contributed by atoms with E-state index in [9.17, 15) is 4.79 Å². The molecular formula is C17H24N2O. The molecule has 0 atom stereocenters. The summed E-state index contributed by atoms with van der Waals surface area (Å²) in [6.45, 7) is 5.87. The number of hydrogen-bond acceptors (Lipinski definition) is 2. The molecular weight excluding hydrogens is 248 g/mol. The van der Waals surface area contributed by atoms with Crippen molar-refractivity contribution in [3.8, 4) is 0 Å². The van der Waals surface area contributed by atoms with Crippen molar-refractivity contribution in [3.63, 3.8) is 0 Å². The van der Waals surface area contributed by atoms with Gasteiger partial charge in [0.1, 0.15) is 0 Å². The zero-order chi connectivity index (χ0) is 14.2. The number of hydrogen-bond donors (Lipinski definition) is 1. The fourth-order valence-corrected chi connectivity index (χ4v) is 2.59. The van der Waals surface area contributed by atoms with Crippen LogP contribution in [0, 0.1) is 5.92 Å². The Morgan fingerprint density at radius 1 is 1.30 bits per heavy atom. The number of nitrogens with zero attached hydrogens (tertiary/aromatic N) is 1. The lowest BCUT2D eigenvalue weighted by atomic mass is 9.97. The van der Waals surface area contributed by atoms with E-state index in [0.29, 0.717) is 5.92 Å². The highest BCUT2D eigenvalue weighted by molar-refractivity contribution is 5.91. The SMILES string of the molecule is CCN(CC1CCNCC1)C(=O)C=Cc1ccccc1. The van der Waals surface area contributed by atoms with E-state index in [4.69, 9.17) is 0 Å². The minimum atomic E-state index is 0.120. The number of carbonyl (C=O) groups is 1. The number of carbonyl (C=O) groups excluding carboxylic acids is 1. The molecule has 108 valence electrons. The maximum atomic E-state index is 12.2. The summed E-state index contributed by atoms with van der Waals surface area (Å²) >= 11 is 0. The molecule has 1 aliphatic rings. The maximum absolute atomic E-state index is 12.2. The highest BCUT2D eigenvalue weighted by Crippen LogP contribution is 2.14. The van der Waals surface area contributed by atoms with Gasteiger partial charge in [0.15, 0.2) is 0 Å². The Bertz CT molecular complexity index is 436. The van der Waals surface area contributed by atoms with Crippen molar-refractivity contribution in [2.24, 2.45) is 5.92 Å². The molecule has 2 rings (SSSR count). The van der Waals surface area contributed by atoms with Crippen molar-refractivity contribution < 1.29 is 4.79 Å². The molecule has 1 N–H and O–H groups in total. The molecule has 0 bridgehead atoms. The summed E-state index contributed by atoms with van der Waals surface area (Å²) < 4.78 is 0. The fraction of sp³-hybridized carbons (Fsp3) is 0.471. The average Bonchev–Trinajstić information content (AvgIpc) is 2.52. The third-order valence-electron chi connectivity index (χ3n) is 3.85. The van der Waals surface area contributed by atoms with Gasteiger partial charge >= 0.3 is 0 Å². The van der Waals surface area contributed by atoms with Gasteiger partial charge in [-0.25, -0.2) is 0 Å². The molecule has 3 nitrogen and oxygen atoms in total. The fourth-order valence-electron chi connectivity index (χ4n) is 2.59. The first kappa shape index (κ1) is 14.8. The molecule has 0 unspecified atom stereocenters. The Hall–Kier alpha value is -1.61. The second-order valence-electron chi connectivity index (χ2n) is 5.31. The van der Waals surface area contributed by atoms with Gasteiger partial charge in [0, 0.05) is 19.2 Å². The van der Waals surface area contributed by atoms with Crippen LogP contribution in [-0.2, 0) is 4.79 Å². The van der Waals surface area contributed by atoms with Gasteiger partial charge in [0.2, 0.25) is 5.91 Å². The van der Waals surface area contributed by atoms with E-state index in [1.807, 2.05) is 41.3 Å². The van der Waals surface area contributed by atoms with Crippen LogP contribution in [0.2, 0.25) is 0 Å². The molecule has 1 amide bonds. The molecule has 1 aromatic rings. The normalized spacial score (nSPS) is 16.4. The van der Waals surface area contributed by atoms with Gasteiger partial charge < -0.3 is 10.2 Å². The first-order chi connectivity index (χ1) is 9.79. The Morgan fingerprint density at radius 3 is 2.65 bits per heavy atom. The second-order valence-corrected chi connectivity index (χ2v) is 5.31. The zero-order valence-electron chi connectivity index (χ0n) is 12.2. The summed E-state index contributed by atoms with van der Waals surface area (Å²) in [5.41, 5.74) is 1.07. The van der Waals surface area contributed by atoms with Gasteiger partial charge in [-0.2, -0.15) is 0 Å². The van der Waals surface area contributed by atoms with E-state index < -0.39 is 0 Å². The Morgan fingerprint density at radius 2 is 2.00 bits per heavy atom. The van der Waals surface area contributed by atoms with E-state index in [1.165, 1.54) is 12.8 Å². The third-order valence-corrected chi connectivity index (χ3v) is 3.85. The Kier molecular flexibility index (Phi) is 5.81. The molecule has 3 heteroatoms.